The molecule has 0 rings (SSSR count). The Morgan fingerprint density at radius 3 is 1.48 bits per heavy atom. The summed E-state index contributed by atoms with van der Waals surface area (Å²) in [5.41, 5.74) is -6.33. The Balaban J connectivity index is 6.15. The number of hydrogen-bond acceptors (Lipinski definition) is 2. The molecule has 0 N–H and O–H groups in total. The van der Waals surface area contributed by atoms with E-state index in [0.717, 1.165) is 0 Å². The zero-order chi connectivity index (χ0) is 19.1. The van der Waals surface area contributed by atoms with E-state index in [2.05, 4.69) is 4.74 Å². The van der Waals surface area contributed by atoms with E-state index < -0.39 is 48.2 Å². The molecule has 2 nitrogen and oxygen atoms in total. The fourth-order valence-electron chi connectivity index (χ4n) is 1.56. The van der Waals surface area contributed by atoms with Gasteiger partial charge in [0.25, 0.3) is 5.67 Å². The second-order valence-corrected chi connectivity index (χ2v) is 4.57. The first-order chi connectivity index (χ1) is 9.87. The van der Waals surface area contributed by atoms with Crippen LogP contribution in [0.15, 0.2) is 0 Å². The summed E-state index contributed by atoms with van der Waals surface area (Å²) >= 11 is 0. The van der Waals surface area contributed by atoms with Crippen molar-refractivity contribution in [1.29, 1.82) is 0 Å². The van der Waals surface area contributed by atoms with Crippen molar-refractivity contribution in [2.75, 3.05) is 7.11 Å². The molecule has 0 spiro atoms. The zero-order valence-electron chi connectivity index (χ0n) is 11.3. The molecule has 13 heteroatoms. The van der Waals surface area contributed by atoms with Crippen molar-refractivity contribution in [3.05, 3.63) is 0 Å². The van der Waals surface area contributed by atoms with E-state index in [0.29, 0.717) is 14.0 Å². The first-order valence-corrected chi connectivity index (χ1v) is 5.52. The van der Waals surface area contributed by atoms with Crippen LogP contribution in [-0.2, 0) is 9.53 Å². The van der Waals surface area contributed by atoms with Gasteiger partial charge in [-0.25, -0.2) is 4.39 Å². The Morgan fingerprint density at radius 2 is 1.22 bits per heavy atom. The summed E-state index contributed by atoms with van der Waals surface area (Å²) in [7, 11) is 0.564. The fourth-order valence-corrected chi connectivity index (χ4v) is 1.56. The lowest BCUT2D eigenvalue weighted by atomic mass is 9.83. The molecular weight excluding hydrogens is 361 g/mol. The molecule has 0 saturated heterocycles. The average molecular weight is 370 g/mol. The zero-order valence-corrected chi connectivity index (χ0v) is 11.3. The van der Waals surface area contributed by atoms with Gasteiger partial charge in [-0.3, -0.25) is 4.79 Å². The van der Waals surface area contributed by atoms with Gasteiger partial charge in [0.05, 0.1) is 13.0 Å². The van der Waals surface area contributed by atoms with Gasteiger partial charge in [0.2, 0.25) is 0 Å². The standard InChI is InChI=1S/C10H9F11O2/c1-4(5(22)23-2)3-6(11,9(16,17)18)7(12,13)8(14,15)10(19,20)21/h4H,3H2,1-2H3. The van der Waals surface area contributed by atoms with Crippen LogP contribution >= 0.6 is 0 Å². The van der Waals surface area contributed by atoms with Crippen LogP contribution in [0.2, 0.25) is 0 Å². The monoisotopic (exact) mass is 370 g/mol. The lowest BCUT2D eigenvalue weighted by Gasteiger charge is -2.40. The number of methoxy groups -OCH3 is 1. The highest BCUT2D eigenvalue weighted by atomic mass is 19.4. The minimum Gasteiger partial charge on any atom is -0.469 e. The van der Waals surface area contributed by atoms with Crippen molar-refractivity contribution in [2.45, 2.75) is 43.2 Å². The normalized spacial score (nSPS) is 18.3. The molecule has 23 heavy (non-hydrogen) atoms. The number of esters is 1. The average Bonchev–Trinajstić information content (AvgIpc) is 2.34. The first kappa shape index (κ1) is 21.7. The van der Waals surface area contributed by atoms with Crippen LogP contribution in [-0.4, -0.2) is 42.9 Å². The third-order valence-electron chi connectivity index (χ3n) is 2.89. The quantitative estimate of drug-likeness (QED) is 0.533. The van der Waals surface area contributed by atoms with Crippen molar-refractivity contribution in [3.63, 3.8) is 0 Å². The summed E-state index contributed by atoms with van der Waals surface area (Å²) in [6.45, 7) is 0.397. The van der Waals surface area contributed by atoms with Crippen molar-refractivity contribution in [1.82, 2.24) is 0 Å². The van der Waals surface area contributed by atoms with Gasteiger partial charge in [0.15, 0.2) is 0 Å². The summed E-state index contributed by atoms with van der Waals surface area (Å²) in [6.07, 6.45) is -16.7. The smallest absolute Gasteiger partial charge is 0.460 e. The molecule has 138 valence electrons. The maximum atomic E-state index is 13.8. The number of halogens is 11. The van der Waals surface area contributed by atoms with Gasteiger partial charge in [-0.15, -0.1) is 0 Å². The van der Waals surface area contributed by atoms with E-state index >= 15 is 0 Å². The largest absolute Gasteiger partial charge is 0.469 e. The molecule has 0 aromatic carbocycles. The minimum atomic E-state index is -7.33. The number of carbonyl (C=O) groups excluding carboxylic acids is 1. The molecule has 0 aliphatic carbocycles. The van der Waals surface area contributed by atoms with Gasteiger partial charge < -0.3 is 4.74 Å². The molecule has 0 aromatic rings. The van der Waals surface area contributed by atoms with Gasteiger partial charge in [-0.05, 0) is 0 Å². The Bertz CT molecular complexity index is 439. The second-order valence-electron chi connectivity index (χ2n) is 4.57. The number of hydrogen-bond donors (Lipinski definition) is 0. The van der Waals surface area contributed by atoms with Crippen LogP contribution in [0, 0.1) is 5.92 Å². The van der Waals surface area contributed by atoms with E-state index in [-0.39, 0.29) is 0 Å². The van der Waals surface area contributed by atoms with Crippen LogP contribution in [0.4, 0.5) is 48.3 Å². The van der Waals surface area contributed by atoms with Crippen LogP contribution in [0.5, 0.6) is 0 Å². The molecule has 0 aliphatic rings. The van der Waals surface area contributed by atoms with E-state index in [1.165, 1.54) is 0 Å². The topological polar surface area (TPSA) is 26.3 Å². The molecule has 0 amide bonds. The summed E-state index contributed by atoms with van der Waals surface area (Å²) in [6, 6.07) is 0. The highest BCUT2D eigenvalue weighted by Gasteiger charge is 2.86. The predicted molar refractivity (Wildman–Crippen MR) is 51.6 cm³/mol. The molecule has 0 aromatic heterocycles. The van der Waals surface area contributed by atoms with E-state index in [4.69, 9.17) is 0 Å². The molecular formula is C10H9F11O2. The maximum Gasteiger partial charge on any atom is 0.460 e. The molecule has 0 saturated carbocycles. The van der Waals surface area contributed by atoms with Gasteiger partial charge in [-0.1, -0.05) is 6.92 Å². The molecule has 0 radical (unpaired) electrons. The Hall–Kier alpha value is -1.30. The Kier molecular flexibility index (Phi) is 5.63. The first-order valence-electron chi connectivity index (χ1n) is 5.52. The Morgan fingerprint density at radius 1 is 0.826 bits per heavy atom. The molecule has 0 bridgehead atoms. The predicted octanol–water partition coefficient (Wildman–Crippen LogP) is 4.29. The van der Waals surface area contributed by atoms with E-state index in [1.54, 1.807) is 0 Å². The van der Waals surface area contributed by atoms with Crippen LogP contribution in [0.3, 0.4) is 0 Å². The van der Waals surface area contributed by atoms with Crippen molar-refractivity contribution in [2.24, 2.45) is 5.92 Å². The summed E-state index contributed by atoms with van der Waals surface area (Å²) < 4.78 is 143. The number of alkyl halides is 11. The van der Waals surface area contributed by atoms with Crippen LogP contribution in [0.1, 0.15) is 13.3 Å². The van der Waals surface area contributed by atoms with Gasteiger partial charge in [0.1, 0.15) is 0 Å². The van der Waals surface area contributed by atoms with Gasteiger partial charge >= 0.3 is 30.2 Å². The van der Waals surface area contributed by atoms with Gasteiger partial charge in [0, 0.05) is 6.42 Å². The molecule has 2 unspecified atom stereocenters. The highest BCUT2D eigenvalue weighted by Crippen LogP contribution is 2.58. The SMILES string of the molecule is COC(=O)C(C)CC(F)(C(F)(F)F)C(F)(F)C(F)(F)C(F)(F)F. The Labute approximate surface area is 121 Å². The van der Waals surface area contributed by atoms with Crippen LogP contribution in [0.25, 0.3) is 0 Å². The van der Waals surface area contributed by atoms with E-state index in [1.807, 2.05) is 0 Å². The molecule has 0 fully saturated rings. The van der Waals surface area contributed by atoms with Crippen molar-refractivity contribution in [3.8, 4) is 0 Å². The lowest BCUT2D eigenvalue weighted by Crippen LogP contribution is -2.67. The molecule has 2 atom stereocenters. The summed E-state index contributed by atoms with van der Waals surface area (Å²) in [5, 5.41) is 0. The van der Waals surface area contributed by atoms with Crippen molar-refractivity contribution < 1.29 is 57.8 Å². The molecule has 0 aliphatic heterocycles. The number of ether oxygens (including phenoxy) is 1. The number of rotatable bonds is 5. The van der Waals surface area contributed by atoms with Crippen molar-refractivity contribution >= 4 is 5.97 Å². The van der Waals surface area contributed by atoms with E-state index in [9.17, 15) is 53.1 Å². The summed E-state index contributed by atoms with van der Waals surface area (Å²) in [5.74, 6) is -18.6. The highest BCUT2D eigenvalue weighted by molar-refractivity contribution is 5.72. The van der Waals surface area contributed by atoms with Crippen LogP contribution < -0.4 is 0 Å². The molecule has 0 heterocycles. The second kappa shape index (κ2) is 5.96. The van der Waals surface area contributed by atoms with Gasteiger partial charge in [-0.2, -0.15) is 43.9 Å². The minimum absolute atomic E-state index is 0.397. The number of carbonyl (C=O) groups is 1. The third-order valence-corrected chi connectivity index (χ3v) is 2.89. The lowest BCUT2D eigenvalue weighted by molar-refractivity contribution is -0.413. The maximum absolute atomic E-state index is 13.8. The summed E-state index contributed by atoms with van der Waals surface area (Å²) in [4.78, 5) is 10.9. The fraction of sp³-hybridized carbons (Fsp3) is 0.900. The third kappa shape index (κ3) is 3.47.